The monoisotopic (exact) mass is 444 g/mol. The summed E-state index contributed by atoms with van der Waals surface area (Å²) in [6.07, 6.45) is 1.89. The molecule has 2 heterocycles. The number of nitrogens with zero attached hydrogens (tertiary/aromatic N) is 2. The number of benzene rings is 1. The van der Waals surface area contributed by atoms with Crippen LogP contribution in [-0.4, -0.2) is 30.0 Å². The predicted molar refractivity (Wildman–Crippen MR) is 122 cm³/mol. The van der Waals surface area contributed by atoms with Gasteiger partial charge in [0.25, 0.3) is 5.91 Å². The van der Waals surface area contributed by atoms with E-state index in [-0.39, 0.29) is 42.2 Å². The number of nitrogens with one attached hydrogen (secondary N) is 1. The zero-order chi connectivity index (χ0) is 18.7. The molecule has 0 unspecified atom stereocenters. The number of piperidine rings is 1. The minimum absolute atomic E-state index is 0. The molecule has 3 N–H and O–H groups in total. The van der Waals surface area contributed by atoms with Gasteiger partial charge in [0.05, 0.1) is 0 Å². The number of halogens is 2. The van der Waals surface area contributed by atoms with E-state index in [1.54, 1.807) is 5.38 Å². The van der Waals surface area contributed by atoms with Gasteiger partial charge >= 0.3 is 0 Å². The summed E-state index contributed by atoms with van der Waals surface area (Å²) in [6, 6.07) is 9.07. The predicted octanol–water partition coefficient (Wildman–Crippen LogP) is 4.14. The molecular formula is C20H30Cl2N4OS. The van der Waals surface area contributed by atoms with Crippen LogP contribution in [0, 0.1) is 0 Å². The SMILES string of the molecule is CC(C)(C)c1ccc(N2CCC(NC(=O)c3csc(CN)n3)CC2)cc1.Cl.Cl. The summed E-state index contributed by atoms with van der Waals surface area (Å²) < 4.78 is 0. The Labute approximate surface area is 183 Å². The third kappa shape index (κ3) is 6.08. The molecule has 3 rings (SSSR count). The van der Waals surface area contributed by atoms with Crippen LogP contribution in [0.5, 0.6) is 0 Å². The number of aromatic nitrogens is 1. The summed E-state index contributed by atoms with van der Waals surface area (Å²) in [7, 11) is 0. The van der Waals surface area contributed by atoms with E-state index in [2.05, 4.69) is 60.2 Å². The first kappa shape index (κ1) is 24.7. The van der Waals surface area contributed by atoms with Crippen LogP contribution in [0.15, 0.2) is 29.6 Å². The van der Waals surface area contributed by atoms with Gasteiger partial charge in [0.15, 0.2) is 0 Å². The van der Waals surface area contributed by atoms with Crippen molar-refractivity contribution in [3.8, 4) is 0 Å². The molecule has 0 radical (unpaired) electrons. The van der Waals surface area contributed by atoms with Crippen LogP contribution in [0.4, 0.5) is 5.69 Å². The average molecular weight is 445 g/mol. The molecule has 0 atom stereocenters. The lowest BCUT2D eigenvalue weighted by molar-refractivity contribution is 0.0926. The van der Waals surface area contributed by atoms with Crippen molar-refractivity contribution in [2.24, 2.45) is 5.73 Å². The molecule has 1 saturated heterocycles. The molecule has 1 aliphatic rings. The summed E-state index contributed by atoms with van der Waals surface area (Å²) in [5.41, 5.74) is 8.83. The molecule has 0 aliphatic carbocycles. The van der Waals surface area contributed by atoms with Gasteiger partial charge in [-0.1, -0.05) is 32.9 Å². The van der Waals surface area contributed by atoms with Crippen LogP contribution in [0.25, 0.3) is 0 Å². The molecule has 8 heteroatoms. The van der Waals surface area contributed by atoms with Crippen molar-refractivity contribution in [2.75, 3.05) is 18.0 Å². The lowest BCUT2D eigenvalue weighted by Gasteiger charge is -2.34. The van der Waals surface area contributed by atoms with E-state index in [9.17, 15) is 4.79 Å². The molecule has 28 heavy (non-hydrogen) atoms. The maximum absolute atomic E-state index is 12.3. The van der Waals surface area contributed by atoms with E-state index in [1.165, 1.54) is 22.6 Å². The topological polar surface area (TPSA) is 71.2 Å². The van der Waals surface area contributed by atoms with Crippen LogP contribution < -0.4 is 16.0 Å². The van der Waals surface area contributed by atoms with E-state index < -0.39 is 0 Å². The average Bonchev–Trinajstić information content (AvgIpc) is 3.11. The van der Waals surface area contributed by atoms with Crippen LogP contribution in [-0.2, 0) is 12.0 Å². The van der Waals surface area contributed by atoms with Crippen LogP contribution >= 0.6 is 36.2 Å². The second kappa shape index (κ2) is 10.4. The lowest BCUT2D eigenvalue weighted by atomic mass is 9.87. The molecule has 2 aromatic rings. The number of carbonyl (C=O) groups excluding carboxylic acids is 1. The van der Waals surface area contributed by atoms with Crippen LogP contribution in [0.3, 0.4) is 0 Å². The molecule has 5 nitrogen and oxygen atoms in total. The van der Waals surface area contributed by atoms with Gasteiger partial charge in [-0.05, 0) is 36.0 Å². The Bertz CT molecular complexity index is 750. The van der Waals surface area contributed by atoms with Crippen LogP contribution in [0.1, 0.15) is 54.7 Å². The van der Waals surface area contributed by atoms with Gasteiger partial charge < -0.3 is 16.0 Å². The Kier molecular flexibility index (Phi) is 9.21. The number of hydrogen-bond donors (Lipinski definition) is 2. The zero-order valence-corrected chi connectivity index (χ0v) is 19.1. The third-order valence-electron chi connectivity index (χ3n) is 4.89. The van der Waals surface area contributed by atoms with Gasteiger partial charge in [0.2, 0.25) is 0 Å². The minimum atomic E-state index is -0.0890. The highest BCUT2D eigenvalue weighted by molar-refractivity contribution is 7.09. The summed E-state index contributed by atoms with van der Waals surface area (Å²) in [6.45, 7) is 8.97. The maximum atomic E-state index is 12.3. The summed E-state index contributed by atoms with van der Waals surface area (Å²) >= 11 is 1.44. The van der Waals surface area contributed by atoms with Crippen molar-refractivity contribution in [3.05, 3.63) is 45.9 Å². The van der Waals surface area contributed by atoms with E-state index in [0.29, 0.717) is 12.2 Å². The first-order chi connectivity index (χ1) is 12.4. The number of carbonyl (C=O) groups is 1. The highest BCUT2D eigenvalue weighted by atomic mass is 35.5. The molecule has 156 valence electrons. The number of amides is 1. The van der Waals surface area contributed by atoms with Crippen LogP contribution in [0.2, 0.25) is 0 Å². The van der Waals surface area contributed by atoms with E-state index in [4.69, 9.17) is 5.73 Å². The Morgan fingerprint density at radius 3 is 2.32 bits per heavy atom. The minimum Gasteiger partial charge on any atom is -0.371 e. The van der Waals surface area contributed by atoms with Crippen molar-refractivity contribution in [3.63, 3.8) is 0 Å². The number of nitrogens with two attached hydrogens (primary N) is 1. The Balaban J connectivity index is 0.00000196. The smallest absolute Gasteiger partial charge is 0.270 e. The van der Waals surface area contributed by atoms with Gasteiger partial charge in [-0.2, -0.15) is 0 Å². The molecular weight excluding hydrogens is 415 g/mol. The largest absolute Gasteiger partial charge is 0.371 e. The summed E-state index contributed by atoms with van der Waals surface area (Å²) in [5.74, 6) is -0.0890. The van der Waals surface area contributed by atoms with E-state index >= 15 is 0 Å². The van der Waals surface area contributed by atoms with Crippen molar-refractivity contribution in [1.29, 1.82) is 0 Å². The quantitative estimate of drug-likeness (QED) is 0.742. The number of rotatable bonds is 4. The number of anilines is 1. The Hall–Kier alpha value is -1.34. The fraction of sp³-hybridized carbons (Fsp3) is 0.500. The third-order valence-corrected chi connectivity index (χ3v) is 5.76. The molecule has 1 aromatic carbocycles. The lowest BCUT2D eigenvalue weighted by Crippen LogP contribution is -2.44. The number of hydrogen-bond acceptors (Lipinski definition) is 5. The molecule has 1 aliphatic heterocycles. The molecule has 1 fully saturated rings. The number of thiazole rings is 1. The van der Waals surface area contributed by atoms with Gasteiger partial charge in [-0.15, -0.1) is 36.2 Å². The fourth-order valence-corrected chi connectivity index (χ4v) is 3.88. The second-order valence-electron chi connectivity index (χ2n) is 7.86. The van der Waals surface area contributed by atoms with Gasteiger partial charge in [0, 0.05) is 36.7 Å². The Morgan fingerprint density at radius 2 is 1.82 bits per heavy atom. The van der Waals surface area contributed by atoms with Crippen molar-refractivity contribution >= 4 is 47.7 Å². The van der Waals surface area contributed by atoms with Crippen molar-refractivity contribution in [2.45, 2.75) is 51.6 Å². The van der Waals surface area contributed by atoms with Gasteiger partial charge in [-0.25, -0.2) is 4.98 Å². The fourth-order valence-electron chi connectivity index (χ4n) is 3.22. The maximum Gasteiger partial charge on any atom is 0.270 e. The molecule has 0 bridgehead atoms. The first-order valence-electron chi connectivity index (χ1n) is 9.17. The molecule has 1 amide bonds. The Morgan fingerprint density at radius 1 is 1.21 bits per heavy atom. The summed E-state index contributed by atoms with van der Waals surface area (Å²) in [4.78, 5) is 19.0. The molecule has 1 aromatic heterocycles. The highest BCUT2D eigenvalue weighted by Crippen LogP contribution is 2.26. The molecule has 0 spiro atoms. The summed E-state index contributed by atoms with van der Waals surface area (Å²) in [5, 5.41) is 5.69. The first-order valence-corrected chi connectivity index (χ1v) is 10.1. The van der Waals surface area contributed by atoms with Gasteiger partial charge in [0.1, 0.15) is 10.7 Å². The zero-order valence-electron chi connectivity index (χ0n) is 16.6. The van der Waals surface area contributed by atoms with Crippen molar-refractivity contribution in [1.82, 2.24) is 10.3 Å². The standard InChI is InChI=1S/C20H28N4OS.2ClH/c1-20(2,3)14-4-6-16(7-5-14)24-10-8-15(9-11-24)22-19(25)17-13-26-18(12-21)23-17;;/h4-7,13,15H,8-12,21H2,1-3H3,(H,22,25);2*1H. The van der Waals surface area contributed by atoms with Gasteiger partial charge in [-0.3, -0.25) is 4.79 Å². The second-order valence-corrected chi connectivity index (χ2v) is 8.80. The van der Waals surface area contributed by atoms with E-state index in [0.717, 1.165) is 30.9 Å². The normalized spacial score (nSPS) is 14.8. The highest BCUT2D eigenvalue weighted by Gasteiger charge is 2.22. The van der Waals surface area contributed by atoms with E-state index in [1.807, 2.05) is 0 Å². The van der Waals surface area contributed by atoms with Crippen molar-refractivity contribution < 1.29 is 4.79 Å². The molecule has 0 saturated carbocycles.